The van der Waals surface area contributed by atoms with Crippen molar-refractivity contribution in [2.75, 3.05) is 11.5 Å². The van der Waals surface area contributed by atoms with Crippen LogP contribution in [-0.2, 0) is 9.59 Å². The summed E-state index contributed by atoms with van der Waals surface area (Å²) in [6, 6.07) is 18.6. The molecule has 0 bridgehead atoms. The van der Waals surface area contributed by atoms with E-state index in [1.54, 1.807) is 24.3 Å². The summed E-state index contributed by atoms with van der Waals surface area (Å²) >= 11 is 0. The molecule has 1 aliphatic rings. The van der Waals surface area contributed by atoms with Crippen LogP contribution >= 0.6 is 0 Å². The molecule has 1 unspecified atom stereocenters. The largest absolute Gasteiger partial charge is 0.507 e. The highest BCUT2D eigenvalue weighted by Gasteiger charge is 2.47. The number of Topliss-reactive ketones (excluding diaryl/α,β-unsaturated/α-hetero) is 1. The zero-order valence-electron chi connectivity index (χ0n) is 18.4. The van der Waals surface area contributed by atoms with Gasteiger partial charge in [0.2, 0.25) is 0 Å². The van der Waals surface area contributed by atoms with E-state index in [1.807, 2.05) is 38.1 Å². The number of aliphatic hydroxyl groups is 1. The minimum absolute atomic E-state index is 0.0131. The number of ketones is 1. The first-order valence-electron chi connectivity index (χ1n) is 10.8. The minimum atomic E-state index is -0.854. The van der Waals surface area contributed by atoms with Crippen LogP contribution in [0.5, 0.6) is 5.75 Å². The number of carbonyl (C=O) groups is 2. The molecule has 5 nitrogen and oxygen atoms in total. The van der Waals surface area contributed by atoms with Crippen molar-refractivity contribution >= 4 is 23.1 Å². The molecule has 0 aromatic heterocycles. The Labute approximate surface area is 191 Å². The van der Waals surface area contributed by atoms with Gasteiger partial charge < -0.3 is 9.84 Å². The summed E-state index contributed by atoms with van der Waals surface area (Å²) in [6.45, 7) is 4.45. The third kappa shape index (κ3) is 4.24. The number of carbonyl (C=O) groups excluding carboxylic acids is 2. The highest BCUT2D eigenvalue weighted by Crippen LogP contribution is 2.43. The Kier molecular flexibility index (Phi) is 6.27. The van der Waals surface area contributed by atoms with Gasteiger partial charge in [0, 0.05) is 11.3 Å². The van der Waals surface area contributed by atoms with Crippen LogP contribution in [-0.4, -0.2) is 23.4 Å². The van der Waals surface area contributed by atoms with Crippen molar-refractivity contribution in [3.63, 3.8) is 0 Å². The number of benzene rings is 3. The van der Waals surface area contributed by atoms with E-state index in [1.165, 1.54) is 29.2 Å². The summed E-state index contributed by atoms with van der Waals surface area (Å²) < 4.78 is 19.1. The maximum atomic E-state index is 13.5. The second-order valence-electron chi connectivity index (χ2n) is 7.87. The summed E-state index contributed by atoms with van der Waals surface area (Å²) in [5.41, 5.74) is 2.31. The predicted octanol–water partition coefficient (Wildman–Crippen LogP) is 5.55. The van der Waals surface area contributed by atoms with Gasteiger partial charge in [0.15, 0.2) is 0 Å². The Hall–Kier alpha value is -3.93. The highest BCUT2D eigenvalue weighted by molar-refractivity contribution is 6.51. The van der Waals surface area contributed by atoms with Gasteiger partial charge in [-0.25, -0.2) is 4.39 Å². The molecule has 0 saturated carbocycles. The molecule has 1 amide bonds. The van der Waals surface area contributed by atoms with Gasteiger partial charge in [0.05, 0.1) is 18.2 Å². The maximum absolute atomic E-state index is 13.5. The van der Waals surface area contributed by atoms with E-state index in [2.05, 4.69) is 0 Å². The Morgan fingerprint density at radius 1 is 1.00 bits per heavy atom. The zero-order chi connectivity index (χ0) is 23.5. The van der Waals surface area contributed by atoms with Crippen LogP contribution in [0.25, 0.3) is 5.76 Å². The quantitative estimate of drug-likeness (QED) is 0.307. The van der Waals surface area contributed by atoms with Gasteiger partial charge in [0.25, 0.3) is 11.7 Å². The van der Waals surface area contributed by atoms with Crippen molar-refractivity contribution in [2.45, 2.75) is 26.3 Å². The number of rotatable bonds is 6. The van der Waals surface area contributed by atoms with E-state index in [0.717, 1.165) is 12.0 Å². The molecule has 1 heterocycles. The smallest absolute Gasteiger partial charge is 0.300 e. The minimum Gasteiger partial charge on any atom is -0.507 e. The Balaban J connectivity index is 1.86. The number of halogens is 1. The van der Waals surface area contributed by atoms with Crippen molar-refractivity contribution < 1.29 is 23.8 Å². The van der Waals surface area contributed by atoms with Gasteiger partial charge in [-0.15, -0.1) is 0 Å². The molecule has 1 saturated heterocycles. The first-order valence-corrected chi connectivity index (χ1v) is 10.8. The standard InChI is InChI=1S/C27H24FNO4/c1-3-16-33-21-14-8-18(9-15-21)25(30)23-24(22-7-5-4-6-17(22)2)29(27(32)26(23)31)20-12-10-19(28)11-13-20/h4-15,24,30H,3,16H2,1-2H3/b25-23-. The number of aryl methyl sites for hydroxylation is 1. The summed E-state index contributed by atoms with van der Waals surface area (Å²) in [5.74, 6) is -1.65. The number of aliphatic hydroxyl groups excluding tert-OH is 1. The lowest BCUT2D eigenvalue weighted by molar-refractivity contribution is -0.132. The van der Waals surface area contributed by atoms with Crippen LogP contribution in [0.1, 0.15) is 36.1 Å². The molecule has 1 fully saturated rings. The molecule has 4 rings (SSSR count). The summed E-state index contributed by atoms with van der Waals surface area (Å²) in [4.78, 5) is 27.6. The SMILES string of the molecule is CCCOc1ccc(/C(O)=C2/C(=O)C(=O)N(c3ccc(F)cc3)C2c2ccccc2C)cc1. The lowest BCUT2D eigenvalue weighted by Crippen LogP contribution is -2.29. The van der Waals surface area contributed by atoms with Gasteiger partial charge in [0.1, 0.15) is 17.3 Å². The fourth-order valence-electron chi connectivity index (χ4n) is 3.97. The van der Waals surface area contributed by atoms with Crippen molar-refractivity contribution in [2.24, 2.45) is 0 Å². The average Bonchev–Trinajstić information content (AvgIpc) is 3.09. The lowest BCUT2D eigenvalue weighted by Gasteiger charge is -2.26. The molecule has 168 valence electrons. The second-order valence-corrected chi connectivity index (χ2v) is 7.87. The van der Waals surface area contributed by atoms with E-state index in [0.29, 0.717) is 29.2 Å². The van der Waals surface area contributed by atoms with E-state index >= 15 is 0 Å². The lowest BCUT2D eigenvalue weighted by atomic mass is 9.92. The molecular formula is C27H24FNO4. The van der Waals surface area contributed by atoms with Crippen LogP contribution in [0, 0.1) is 12.7 Å². The normalized spacial score (nSPS) is 17.4. The Morgan fingerprint density at radius 3 is 2.30 bits per heavy atom. The summed E-state index contributed by atoms with van der Waals surface area (Å²) in [5, 5.41) is 11.2. The van der Waals surface area contributed by atoms with Crippen LogP contribution in [0.4, 0.5) is 10.1 Å². The Bertz CT molecular complexity index is 1220. The number of hydrogen-bond donors (Lipinski definition) is 1. The van der Waals surface area contributed by atoms with Gasteiger partial charge in [-0.3, -0.25) is 14.5 Å². The molecule has 1 aliphatic heterocycles. The van der Waals surface area contributed by atoms with Crippen molar-refractivity contribution in [3.8, 4) is 5.75 Å². The molecule has 6 heteroatoms. The number of nitrogens with zero attached hydrogens (tertiary/aromatic N) is 1. The first-order chi connectivity index (χ1) is 15.9. The zero-order valence-corrected chi connectivity index (χ0v) is 18.4. The second kappa shape index (κ2) is 9.28. The van der Waals surface area contributed by atoms with Gasteiger partial charge in [-0.05, 0) is 73.0 Å². The van der Waals surface area contributed by atoms with E-state index in [9.17, 15) is 19.1 Å². The molecule has 0 spiro atoms. The van der Waals surface area contributed by atoms with Crippen LogP contribution in [0.3, 0.4) is 0 Å². The monoisotopic (exact) mass is 445 g/mol. The fraction of sp³-hybridized carbons (Fsp3) is 0.185. The number of amides is 1. The first kappa shape index (κ1) is 22.3. The molecule has 1 N–H and O–H groups in total. The van der Waals surface area contributed by atoms with Gasteiger partial charge in [-0.2, -0.15) is 0 Å². The van der Waals surface area contributed by atoms with Crippen molar-refractivity contribution in [1.29, 1.82) is 0 Å². The van der Waals surface area contributed by atoms with E-state index in [4.69, 9.17) is 4.74 Å². The highest BCUT2D eigenvalue weighted by atomic mass is 19.1. The predicted molar refractivity (Wildman–Crippen MR) is 125 cm³/mol. The maximum Gasteiger partial charge on any atom is 0.300 e. The van der Waals surface area contributed by atoms with Crippen LogP contribution in [0.15, 0.2) is 78.4 Å². The number of hydrogen-bond acceptors (Lipinski definition) is 4. The topological polar surface area (TPSA) is 66.8 Å². The van der Waals surface area contributed by atoms with Gasteiger partial charge in [-0.1, -0.05) is 31.2 Å². The van der Waals surface area contributed by atoms with Gasteiger partial charge >= 0.3 is 0 Å². The molecule has 0 radical (unpaired) electrons. The number of ether oxygens (including phenoxy) is 1. The third-order valence-corrected chi connectivity index (χ3v) is 5.63. The van der Waals surface area contributed by atoms with Crippen molar-refractivity contribution in [3.05, 3.63) is 101 Å². The number of anilines is 1. The molecule has 0 aliphatic carbocycles. The molecular weight excluding hydrogens is 421 g/mol. The van der Waals surface area contributed by atoms with Crippen LogP contribution in [0.2, 0.25) is 0 Å². The third-order valence-electron chi connectivity index (χ3n) is 5.63. The fourth-order valence-corrected chi connectivity index (χ4v) is 3.97. The average molecular weight is 445 g/mol. The Morgan fingerprint density at radius 2 is 1.67 bits per heavy atom. The van der Waals surface area contributed by atoms with E-state index in [-0.39, 0.29) is 11.3 Å². The summed E-state index contributed by atoms with van der Waals surface area (Å²) in [7, 11) is 0. The summed E-state index contributed by atoms with van der Waals surface area (Å²) in [6.07, 6.45) is 0.866. The molecule has 1 atom stereocenters. The van der Waals surface area contributed by atoms with Crippen LogP contribution < -0.4 is 9.64 Å². The van der Waals surface area contributed by atoms with E-state index < -0.39 is 23.5 Å². The molecule has 3 aromatic rings. The molecule has 33 heavy (non-hydrogen) atoms. The molecule has 3 aromatic carbocycles. The van der Waals surface area contributed by atoms with Crippen molar-refractivity contribution in [1.82, 2.24) is 0 Å².